The van der Waals surface area contributed by atoms with Crippen LogP contribution in [0.3, 0.4) is 0 Å². The standard InChI is InChI=1S/C24H22ClFN2O4/c1-15(17-8-11-22(26)21(25)12-17)27-24(30)16-6-9-19(10-7-16)32-14-23(29)28-18-4-3-5-20(13-18)31-2/h3-13,15H,14H2,1-2H3,(H,27,30)(H,28,29). The number of halogens is 2. The largest absolute Gasteiger partial charge is 0.497 e. The summed E-state index contributed by atoms with van der Waals surface area (Å²) in [5.41, 5.74) is 1.70. The number of hydrogen-bond donors (Lipinski definition) is 2. The van der Waals surface area contributed by atoms with E-state index in [0.29, 0.717) is 28.3 Å². The third kappa shape index (κ3) is 6.21. The van der Waals surface area contributed by atoms with Gasteiger partial charge in [0.15, 0.2) is 6.61 Å². The van der Waals surface area contributed by atoms with Crippen molar-refractivity contribution in [1.82, 2.24) is 5.32 Å². The van der Waals surface area contributed by atoms with Crippen LogP contribution in [0.4, 0.5) is 10.1 Å². The molecule has 0 fully saturated rings. The summed E-state index contributed by atoms with van der Waals surface area (Å²) in [6, 6.07) is 17.3. The van der Waals surface area contributed by atoms with Crippen molar-refractivity contribution in [3.8, 4) is 11.5 Å². The minimum atomic E-state index is -0.512. The molecule has 0 aliphatic rings. The smallest absolute Gasteiger partial charge is 0.262 e. The molecule has 166 valence electrons. The number of amides is 2. The molecule has 0 aromatic heterocycles. The van der Waals surface area contributed by atoms with Crippen molar-refractivity contribution in [3.63, 3.8) is 0 Å². The van der Waals surface area contributed by atoms with Crippen molar-refractivity contribution < 1.29 is 23.5 Å². The van der Waals surface area contributed by atoms with Gasteiger partial charge in [-0.25, -0.2) is 4.39 Å². The van der Waals surface area contributed by atoms with E-state index >= 15 is 0 Å². The van der Waals surface area contributed by atoms with Crippen molar-refractivity contribution in [3.05, 3.63) is 88.7 Å². The monoisotopic (exact) mass is 456 g/mol. The second-order valence-corrected chi connectivity index (χ2v) is 7.37. The molecule has 0 aliphatic heterocycles. The van der Waals surface area contributed by atoms with Crippen LogP contribution in [0.5, 0.6) is 11.5 Å². The Hall–Kier alpha value is -3.58. The number of benzene rings is 3. The van der Waals surface area contributed by atoms with Crippen LogP contribution >= 0.6 is 11.6 Å². The Kier molecular flexibility index (Phi) is 7.68. The minimum absolute atomic E-state index is 0.000499. The van der Waals surface area contributed by atoms with E-state index in [1.807, 2.05) is 0 Å². The van der Waals surface area contributed by atoms with Gasteiger partial charge in [-0.05, 0) is 61.0 Å². The summed E-state index contributed by atoms with van der Waals surface area (Å²) in [7, 11) is 1.55. The number of anilines is 1. The summed E-state index contributed by atoms with van der Waals surface area (Å²) in [6.07, 6.45) is 0. The molecule has 8 heteroatoms. The molecule has 0 radical (unpaired) electrons. The lowest BCUT2D eigenvalue weighted by Crippen LogP contribution is -2.26. The highest BCUT2D eigenvalue weighted by molar-refractivity contribution is 6.30. The van der Waals surface area contributed by atoms with Gasteiger partial charge in [0, 0.05) is 17.3 Å². The fourth-order valence-corrected chi connectivity index (χ4v) is 3.08. The maximum Gasteiger partial charge on any atom is 0.262 e. The summed E-state index contributed by atoms with van der Waals surface area (Å²) in [4.78, 5) is 24.6. The normalized spacial score (nSPS) is 11.4. The summed E-state index contributed by atoms with van der Waals surface area (Å²) in [5.74, 6) is -0.0658. The Morgan fingerprint density at radius 3 is 2.47 bits per heavy atom. The molecular weight excluding hydrogens is 435 g/mol. The third-order valence-electron chi connectivity index (χ3n) is 4.63. The molecule has 2 amide bonds. The molecular formula is C24H22ClFN2O4. The second-order valence-electron chi connectivity index (χ2n) is 6.96. The average molecular weight is 457 g/mol. The van der Waals surface area contributed by atoms with Crippen LogP contribution in [-0.2, 0) is 4.79 Å². The molecule has 0 spiro atoms. The molecule has 6 nitrogen and oxygen atoms in total. The summed E-state index contributed by atoms with van der Waals surface area (Å²) < 4.78 is 23.9. The molecule has 3 aromatic carbocycles. The van der Waals surface area contributed by atoms with E-state index in [1.165, 1.54) is 12.1 Å². The second kappa shape index (κ2) is 10.6. The molecule has 3 rings (SSSR count). The van der Waals surface area contributed by atoms with Crippen LogP contribution < -0.4 is 20.1 Å². The molecule has 2 N–H and O–H groups in total. The highest BCUT2D eigenvalue weighted by atomic mass is 35.5. The van der Waals surface area contributed by atoms with E-state index in [2.05, 4.69) is 10.6 Å². The number of carbonyl (C=O) groups excluding carboxylic acids is 2. The van der Waals surface area contributed by atoms with Crippen LogP contribution in [0.25, 0.3) is 0 Å². The van der Waals surface area contributed by atoms with Gasteiger partial charge in [0.1, 0.15) is 17.3 Å². The van der Waals surface area contributed by atoms with E-state index in [9.17, 15) is 14.0 Å². The Bertz CT molecular complexity index is 1110. The zero-order valence-electron chi connectivity index (χ0n) is 17.5. The first-order valence-corrected chi connectivity index (χ1v) is 10.2. The first-order chi connectivity index (χ1) is 15.4. The Balaban J connectivity index is 1.52. The lowest BCUT2D eigenvalue weighted by molar-refractivity contribution is -0.118. The highest BCUT2D eigenvalue weighted by Crippen LogP contribution is 2.21. The minimum Gasteiger partial charge on any atom is -0.497 e. The number of nitrogens with one attached hydrogen (secondary N) is 2. The van der Waals surface area contributed by atoms with Gasteiger partial charge < -0.3 is 20.1 Å². The quantitative estimate of drug-likeness (QED) is 0.500. The van der Waals surface area contributed by atoms with Crippen molar-refractivity contribution in [2.24, 2.45) is 0 Å². The number of methoxy groups -OCH3 is 1. The van der Waals surface area contributed by atoms with Crippen molar-refractivity contribution >= 4 is 29.1 Å². The maximum absolute atomic E-state index is 13.3. The van der Waals surface area contributed by atoms with E-state index in [4.69, 9.17) is 21.1 Å². The number of ether oxygens (including phenoxy) is 2. The predicted molar refractivity (Wildman–Crippen MR) is 121 cm³/mol. The van der Waals surface area contributed by atoms with Gasteiger partial charge in [-0.3, -0.25) is 9.59 Å². The van der Waals surface area contributed by atoms with Gasteiger partial charge in [0.25, 0.3) is 11.8 Å². The van der Waals surface area contributed by atoms with Crippen LogP contribution in [-0.4, -0.2) is 25.5 Å². The topological polar surface area (TPSA) is 76.7 Å². The highest BCUT2D eigenvalue weighted by Gasteiger charge is 2.13. The van der Waals surface area contributed by atoms with Crippen LogP contribution in [0, 0.1) is 5.82 Å². The number of carbonyl (C=O) groups is 2. The molecule has 0 saturated heterocycles. The van der Waals surface area contributed by atoms with Gasteiger partial charge in [0.2, 0.25) is 0 Å². The summed E-state index contributed by atoms with van der Waals surface area (Å²) in [5, 5.41) is 5.55. The van der Waals surface area contributed by atoms with Gasteiger partial charge >= 0.3 is 0 Å². The van der Waals surface area contributed by atoms with Gasteiger partial charge in [-0.15, -0.1) is 0 Å². The first-order valence-electron chi connectivity index (χ1n) is 9.78. The van der Waals surface area contributed by atoms with Gasteiger partial charge in [0.05, 0.1) is 18.2 Å². The molecule has 0 saturated carbocycles. The van der Waals surface area contributed by atoms with Crippen LogP contribution in [0.1, 0.15) is 28.9 Å². The molecule has 0 heterocycles. The lowest BCUT2D eigenvalue weighted by Gasteiger charge is -2.15. The maximum atomic E-state index is 13.3. The van der Waals surface area contributed by atoms with E-state index in [-0.39, 0.29) is 29.5 Å². The fourth-order valence-electron chi connectivity index (χ4n) is 2.89. The summed E-state index contributed by atoms with van der Waals surface area (Å²) in [6.45, 7) is 1.59. The molecule has 32 heavy (non-hydrogen) atoms. The molecule has 1 atom stereocenters. The zero-order chi connectivity index (χ0) is 23.1. The first kappa shape index (κ1) is 23.1. The molecule has 1 unspecified atom stereocenters. The Morgan fingerprint density at radius 2 is 1.78 bits per heavy atom. The Morgan fingerprint density at radius 1 is 1.03 bits per heavy atom. The van der Waals surface area contributed by atoms with E-state index < -0.39 is 5.82 Å². The van der Waals surface area contributed by atoms with E-state index in [0.717, 1.165) is 0 Å². The SMILES string of the molecule is COc1cccc(NC(=O)COc2ccc(C(=O)NC(C)c3ccc(F)c(Cl)c3)cc2)c1. The number of rotatable bonds is 8. The van der Waals surface area contributed by atoms with Gasteiger partial charge in [-0.1, -0.05) is 23.7 Å². The van der Waals surface area contributed by atoms with Gasteiger partial charge in [-0.2, -0.15) is 0 Å². The van der Waals surface area contributed by atoms with Crippen molar-refractivity contribution in [2.75, 3.05) is 19.0 Å². The zero-order valence-corrected chi connectivity index (χ0v) is 18.3. The summed E-state index contributed by atoms with van der Waals surface area (Å²) >= 11 is 5.80. The molecule has 0 bridgehead atoms. The number of hydrogen-bond acceptors (Lipinski definition) is 4. The predicted octanol–water partition coefficient (Wildman–Crippen LogP) is 5.00. The van der Waals surface area contributed by atoms with E-state index in [1.54, 1.807) is 68.6 Å². The van der Waals surface area contributed by atoms with Crippen LogP contribution in [0.2, 0.25) is 5.02 Å². The average Bonchev–Trinajstić information content (AvgIpc) is 2.79. The van der Waals surface area contributed by atoms with Crippen molar-refractivity contribution in [1.29, 1.82) is 0 Å². The van der Waals surface area contributed by atoms with Crippen LogP contribution in [0.15, 0.2) is 66.7 Å². The Labute approximate surface area is 190 Å². The van der Waals surface area contributed by atoms with Crippen molar-refractivity contribution in [2.45, 2.75) is 13.0 Å². The molecule has 3 aromatic rings. The molecule has 0 aliphatic carbocycles. The lowest BCUT2D eigenvalue weighted by atomic mass is 10.1. The fraction of sp³-hybridized carbons (Fsp3) is 0.167. The third-order valence-corrected chi connectivity index (χ3v) is 4.92.